The van der Waals surface area contributed by atoms with Crippen molar-refractivity contribution >= 4 is 27.1 Å². The topological polar surface area (TPSA) is 132 Å². The normalized spacial score (nSPS) is 18.1. The molecule has 21 heavy (non-hydrogen) atoms. The van der Waals surface area contributed by atoms with Crippen LogP contribution in [-0.2, 0) is 9.84 Å². The van der Waals surface area contributed by atoms with Crippen molar-refractivity contribution in [3.05, 3.63) is 33.9 Å². The van der Waals surface area contributed by atoms with E-state index in [0.29, 0.717) is 12.8 Å². The van der Waals surface area contributed by atoms with Gasteiger partial charge >= 0.3 is 0 Å². The highest BCUT2D eigenvalue weighted by Crippen LogP contribution is 2.25. The molecule has 0 radical (unpaired) electrons. The van der Waals surface area contributed by atoms with Crippen LogP contribution in [-0.4, -0.2) is 36.8 Å². The number of amides is 1. The Morgan fingerprint density at radius 3 is 2.52 bits per heavy atom. The van der Waals surface area contributed by atoms with Crippen LogP contribution in [0.15, 0.2) is 18.2 Å². The number of sulfone groups is 1. The van der Waals surface area contributed by atoms with Gasteiger partial charge in [0.15, 0.2) is 0 Å². The predicted octanol–water partition coefficient (Wildman–Crippen LogP) is 0.484. The van der Waals surface area contributed by atoms with Crippen molar-refractivity contribution in [3.63, 3.8) is 0 Å². The Hall–Kier alpha value is -2.16. The van der Waals surface area contributed by atoms with Crippen LogP contribution < -0.4 is 11.1 Å². The molecule has 2 rings (SSSR count). The largest absolute Gasteiger partial charge is 0.393 e. The molecular weight excluding hydrogens is 298 g/mol. The quantitative estimate of drug-likeness (QED) is 0.474. The minimum atomic E-state index is -3.01. The van der Waals surface area contributed by atoms with Crippen LogP contribution in [0.1, 0.15) is 23.2 Å². The molecule has 0 unspecified atom stereocenters. The second kappa shape index (κ2) is 5.68. The van der Waals surface area contributed by atoms with Gasteiger partial charge in [0.1, 0.15) is 15.5 Å². The van der Waals surface area contributed by atoms with Gasteiger partial charge in [-0.1, -0.05) is 6.07 Å². The van der Waals surface area contributed by atoms with Crippen molar-refractivity contribution in [2.24, 2.45) is 0 Å². The predicted molar refractivity (Wildman–Crippen MR) is 76.7 cm³/mol. The number of nitrogens with two attached hydrogens (primary N) is 1. The van der Waals surface area contributed by atoms with Gasteiger partial charge in [-0.25, -0.2) is 8.42 Å². The van der Waals surface area contributed by atoms with E-state index in [9.17, 15) is 23.3 Å². The summed E-state index contributed by atoms with van der Waals surface area (Å²) < 4.78 is 22.6. The maximum absolute atomic E-state index is 12.1. The van der Waals surface area contributed by atoms with Crippen LogP contribution in [0, 0.1) is 10.1 Å². The average molecular weight is 313 g/mol. The van der Waals surface area contributed by atoms with Gasteiger partial charge in [-0.2, -0.15) is 0 Å². The summed E-state index contributed by atoms with van der Waals surface area (Å²) in [7, 11) is -3.01. The third-order valence-corrected chi connectivity index (χ3v) is 5.13. The number of nitro groups is 1. The number of carbonyl (C=O) groups excluding carboxylic acids is 1. The molecule has 1 aromatic rings. The van der Waals surface area contributed by atoms with E-state index < -0.39 is 20.7 Å². The fraction of sp³-hybridized carbons (Fsp3) is 0.417. The number of carbonyl (C=O) groups is 1. The van der Waals surface area contributed by atoms with E-state index in [0.717, 1.165) is 0 Å². The van der Waals surface area contributed by atoms with E-state index in [2.05, 4.69) is 5.32 Å². The molecule has 1 aromatic carbocycles. The molecule has 1 saturated heterocycles. The Kier molecular flexibility index (Phi) is 4.12. The zero-order chi connectivity index (χ0) is 15.6. The second-order valence-electron chi connectivity index (χ2n) is 4.90. The monoisotopic (exact) mass is 313 g/mol. The summed E-state index contributed by atoms with van der Waals surface area (Å²) in [6.45, 7) is 0. The van der Waals surface area contributed by atoms with Crippen LogP contribution in [0.2, 0.25) is 0 Å². The maximum Gasteiger partial charge on any atom is 0.292 e. The maximum atomic E-state index is 12.1. The zero-order valence-corrected chi connectivity index (χ0v) is 11.9. The van der Waals surface area contributed by atoms with Gasteiger partial charge in [0, 0.05) is 12.1 Å². The van der Waals surface area contributed by atoms with Crippen molar-refractivity contribution in [2.75, 3.05) is 17.2 Å². The molecule has 0 atom stereocenters. The van der Waals surface area contributed by atoms with Crippen LogP contribution in [0.5, 0.6) is 0 Å². The standard InChI is InChI=1S/C12H15N3O5S/c13-11-9(2-1-3-10(11)15(17)18)12(16)14-8-4-6-21(19,20)7-5-8/h1-3,8H,4-7,13H2,(H,14,16). The minimum Gasteiger partial charge on any atom is -0.393 e. The molecule has 1 heterocycles. The lowest BCUT2D eigenvalue weighted by Crippen LogP contribution is -2.41. The molecule has 1 aliphatic rings. The lowest BCUT2D eigenvalue weighted by molar-refractivity contribution is -0.383. The zero-order valence-electron chi connectivity index (χ0n) is 11.1. The van der Waals surface area contributed by atoms with E-state index in [1.807, 2.05) is 0 Å². The van der Waals surface area contributed by atoms with Crippen molar-refractivity contribution in [1.29, 1.82) is 0 Å². The van der Waals surface area contributed by atoms with Crippen LogP contribution >= 0.6 is 0 Å². The first-order valence-corrected chi connectivity index (χ1v) is 8.16. The number of nitrogen functional groups attached to an aromatic ring is 1. The lowest BCUT2D eigenvalue weighted by Gasteiger charge is -2.23. The van der Waals surface area contributed by atoms with Gasteiger partial charge in [-0.05, 0) is 18.9 Å². The summed E-state index contributed by atoms with van der Waals surface area (Å²) in [6.07, 6.45) is 0.672. The molecule has 0 saturated carbocycles. The molecule has 3 N–H and O–H groups in total. The van der Waals surface area contributed by atoms with Crippen LogP contribution in [0.25, 0.3) is 0 Å². The van der Waals surface area contributed by atoms with Gasteiger partial charge in [-0.15, -0.1) is 0 Å². The Morgan fingerprint density at radius 2 is 1.95 bits per heavy atom. The Morgan fingerprint density at radius 1 is 1.33 bits per heavy atom. The summed E-state index contributed by atoms with van der Waals surface area (Å²) in [6, 6.07) is 3.74. The number of hydrogen-bond donors (Lipinski definition) is 2. The first kappa shape index (κ1) is 15.2. The number of nitrogens with one attached hydrogen (secondary N) is 1. The average Bonchev–Trinajstić information content (AvgIpc) is 2.41. The highest BCUT2D eigenvalue weighted by Gasteiger charge is 2.26. The molecule has 0 aliphatic carbocycles. The smallest absolute Gasteiger partial charge is 0.292 e. The first-order valence-electron chi connectivity index (χ1n) is 6.34. The first-order chi connectivity index (χ1) is 9.80. The lowest BCUT2D eigenvalue weighted by atomic mass is 10.1. The van der Waals surface area contributed by atoms with E-state index in [1.165, 1.54) is 18.2 Å². The Balaban J connectivity index is 2.11. The van der Waals surface area contributed by atoms with Crippen LogP contribution in [0.4, 0.5) is 11.4 Å². The van der Waals surface area contributed by atoms with Gasteiger partial charge in [0.05, 0.1) is 22.0 Å². The van der Waals surface area contributed by atoms with E-state index in [1.54, 1.807) is 0 Å². The third kappa shape index (κ3) is 3.48. The fourth-order valence-electron chi connectivity index (χ4n) is 2.21. The van der Waals surface area contributed by atoms with Gasteiger partial charge in [-0.3, -0.25) is 14.9 Å². The molecule has 8 nitrogen and oxygen atoms in total. The number of anilines is 1. The number of nitro benzene ring substituents is 1. The van der Waals surface area contributed by atoms with E-state index >= 15 is 0 Å². The van der Waals surface area contributed by atoms with Gasteiger partial charge in [0.2, 0.25) is 0 Å². The number of para-hydroxylation sites is 1. The summed E-state index contributed by atoms with van der Waals surface area (Å²) >= 11 is 0. The third-order valence-electron chi connectivity index (χ3n) is 3.41. The summed E-state index contributed by atoms with van der Waals surface area (Å²) in [5, 5.41) is 13.5. The van der Waals surface area contributed by atoms with Crippen molar-refractivity contribution in [2.45, 2.75) is 18.9 Å². The molecule has 1 aliphatic heterocycles. The molecular formula is C12H15N3O5S. The Labute approximate surface area is 121 Å². The van der Waals surface area contributed by atoms with E-state index in [-0.39, 0.29) is 34.5 Å². The summed E-state index contributed by atoms with van der Waals surface area (Å²) in [4.78, 5) is 22.2. The molecule has 1 amide bonds. The highest BCUT2D eigenvalue weighted by molar-refractivity contribution is 7.91. The summed E-state index contributed by atoms with van der Waals surface area (Å²) in [5.74, 6) is -0.467. The molecule has 0 bridgehead atoms. The second-order valence-corrected chi connectivity index (χ2v) is 7.20. The number of benzene rings is 1. The van der Waals surface area contributed by atoms with Crippen molar-refractivity contribution in [3.8, 4) is 0 Å². The molecule has 0 aromatic heterocycles. The van der Waals surface area contributed by atoms with E-state index in [4.69, 9.17) is 5.73 Å². The van der Waals surface area contributed by atoms with Gasteiger partial charge in [0.25, 0.3) is 11.6 Å². The highest BCUT2D eigenvalue weighted by atomic mass is 32.2. The van der Waals surface area contributed by atoms with Crippen LogP contribution in [0.3, 0.4) is 0 Å². The number of rotatable bonds is 3. The van der Waals surface area contributed by atoms with Crippen molar-refractivity contribution in [1.82, 2.24) is 5.32 Å². The Bertz CT molecular complexity index is 672. The minimum absolute atomic E-state index is 0.0256. The van der Waals surface area contributed by atoms with Gasteiger partial charge < -0.3 is 11.1 Å². The molecule has 0 spiro atoms. The number of hydrogen-bond acceptors (Lipinski definition) is 6. The molecule has 9 heteroatoms. The summed E-state index contributed by atoms with van der Waals surface area (Å²) in [5.41, 5.74) is 5.14. The molecule has 1 fully saturated rings. The molecule has 114 valence electrons. The van der Waals surface area contributed by atoms with Crippen molar-refractivity contribution < 1.29 is 18.1 Å². The fourth-order valence-corrected chi connectivity index (χ4v) is 3.70. The number of nitrogens with zero attached hydrogens (tertiary/aromatic N) is 1. The SMILES string of the molecule is Nc1c(C(=O)NC2CCS(=O)(=O)CC2)cccc1[N+](=O)[O-].